The lowest BCUT2D eigenvalue weighted by molar-refractivity contribution is -0.157. The zero-order valence-corrected chi connectivity index (χ0v) is 20.6. The van der Waals surface area contributed by atoms with Crippen LogP contribution in [0.25, 0.3) is 0 Å². The molecule has 1 amide bonds. The van der Waals surface area contributed by atoms with Crippen molar-refractivity contribution in [3.8, 4) is 0 Å². The number of esters is 1. The molecule has 3 heterocycles. The number of nitrogens with one attached hydrogen (secondary N) is 2. The summed E-state index contributed by atoms with van der Waals surface area (Å²) in [6, 6.07) is 10.7. The van der Waals surface area contributed by atoms with E-state index < -0.39 is 5.91 Å². The molecule has 2 fully saturated rings. The van der Waals surface area contributed by atoms with Gasteiger partial charge in [-0.05, 0) is 74.4 Å². The molecule has 1 aliphatic carbocycles. The van der Waals surface area contributed by atoms with Crippen molar-refractivity contribution in [1.82, 2.24) is 15.2 Å². The van der Waals surface area contributed by atoms with Crippen LogP contribution in [0.2, 0.25) is 5.02 Å². The minimum atomic E-state index is -0.526. The molecule has 5 rings (SSSR count). The number of anilines is 4. The van der Waals surface area contributed by atoms with Crippen molar-refractivity contribution < 1.29 is 18.7 Å². The third-order valence-electron chi connectivity index (χ3n) is 6.85. The molecular weight excluding hydrogens is 484 g/mol. The number of benzene rings is 1. The molecule has 2 aromatic heterocycles. The molecule has 0 radical (unpaired) electrons. The average Bonchev–Trinajstić information content (AvgIpc) is 3.33. The van der Waals surface area contributed by atoms with Gasteiger partial charge >= 0.3 is 23.8 Å². The van der Waals surface area contributed by atoms with Crippen LogP contribution in [0.5, 0.6) is 0 Å². The van der Waals surface area contributed by atoms with Crippen LogP contribution in [0.15, 0.2) is 47.0 Å². The summed E-state index contributed by atoms with van der Waals surface area (Å²) < 4.78 is 10.6. The first-order chi connectivity index (χ1) is 17.4. The largest absolute Gasteiger partial charge is 0.466 e. The summed E-state index contributed by atoms with van der Waals surface area (Å²) in [5.74, 6) is 0.164. The van der Waals surface area contributed by atoms with Crippen LogP contribution in [0.4, 0.5) is 23.2 Å². The fraction of sp³-hybridized carbons (Fsp3) is 0.400. The van der Waals surface area contributed by atoms with Crippen LogP contribution in [-0.2, 0) is 9.53 Å². The molecular formula is C25H27ClN6O4. The zero-order valence-electron chi connectivity index (χ0n) is 19.9. The maximum absolute atomic E-state index is 12.5. The van der Waals surface area contributed by atoms with Crippen LogP contribution >= 0.6 is 11.6 Å². The van der Waals surface area contributed by atoms with E-state index in [0.717, 1.165) is 44.6 Å². The van der Waals surface area contributed by atoms with Crippen LogP contribution < -0.4 is 15.5 Å². The van der Waals surface area contributed by atoms with Crippen molar-refractivity contribution in [2.75, 3.05) is 35.2 Å². The third kappa shape index (κ3) is 5.28. The monoisotopic (exact) mass is 510 g/mol. The lowest BCUT2D eigenvalue weighted by Gasteiger charge is -2.51. The van der Waals surface area contributed by atoms with E-state index in [-0.39, 0.29) is 29.2 Å². The van der Waals surface area contributed by atoms with Crippen molar-refractivity contribution in [2.24, 2.45) is 11.3 Å². The van der Waals surface area contributed by atoms with Gasteiger partial charge in [0.15, 0.2) is 0 Å². The Labute approximate surface area is 213 Å². The third-order valence-corrected chi connectivity index (χ3v) is 7.10. The Balaban J connectivity index is 1.11. The van der Waals surface area contributed by atoms with Gasteiger partial charge in [-0.2, -0.15) is 0 Å². The topological polar surface area (TPSA) is 122 Å². The molecule has 1 saturated carbocycles. The number of piperidine rings is 1. The SMILES string of the molecule is CCOC(=O)C1CC2(CCN(c3ccc(NC(=O)c4nnc(Nc5ccc(Cl)cc5)o4)cn3)CC2)C1. The lowest BCUT2D eigenvalue weighted by atomic mass is 9.57. The van der Waals surface area contributed by atoms with E-state index in [1.165, 1.54) is 0 Å². The van der Waals surface area contributed by atoms with Crippen molar-refractivity contribution in [3.05, 3.63) is 53.5 Å². The van der Waals surface area contributed by atoms with E-state index in [4.69, 9.17) is 20.8 Å². The lowest BCUT2D eigenvalue weighted by Crippen LogP contribution is -2.49. The second kappa shape index (κ2) is 10.1. The van der Waals surface area contributed by atoms with Gasteiger partial charge < -0.3 is 24.7 Å². The second-order valence-electron chi connectivity index (χ2n) is 9.25. The molecule has 36 heavy (non-hydrogen) atoms. The van der Waals surface area contributed by atoms with E-state index >= 15 is 0 Å². The maximum Gasteiger partial charge on any atom is 0.320 e. The number of hydrogen-bond acceptors (Lipinski definition) is 9. The summed E-state index contributed by atoms with van der Waals surface area (Å²) in [5, 5.41) is 13.9. The van der Waals surface area contributed by atoms with Crippen molar-refractivity contribution in [3.63, 3.8) is 0 Å². The predicted molar refractivity (Wildman–Crippen MR) is 134 cm³/mol. The molecule has 0 atom stereocenters. The van der Waals surface area contributed by atoms with Gasteiger partial charge in [0.25, 0.3) is 0 Å². The Hall–Kier alpha value is -3.66. The number of carbonyl (C=O) groups excluding carboxylic acids is 2. The quantitative estimate of drug-likeness (QED) is 0.436. The van der Waals surface area contributed by atoms with Gasteiger partial charge in [-0.1, -0.05) is 16.7 Å². The number of carbonyl (C=O) groups is 2. The molecule has 11 heteroatoms. The van der Waals surface area contributed by atoms with Crippen molar-refractivity contribution in [1.29, 1.82) is 0 Å². The highest BCUT2D eigenvalue weighted by Crippen LogP contribution is 2.53. The highest BCUT2D eigenvalue weighted by Gasteiger charge is 2.49. The molecule has 1 aromatic carbocycles. The first-order valence-corrected chi connectivity index (χ1v) is 12.4. The Bertz CT molecular complexity index is 1210. The van der Waals surface area contributed by atoms with Crippen LogP contribution in [0, 0.1) is 11.3 Å². The van der Waals surface area contributed by atoms with E-state index in [0.29, 0.717) is 23.0 Å². The highest BCUT2D eigenvalue weighted by molar-refractivity contribution is 6.30. The van der Waals surface area contributed by atoms with Gasteiger partial charge in [0.05, 0.1) is 24.4 Å². The number of ether oxygens (including phenoxy) is 1. The van der Waals surface area contributed by atoms with Crippen LogP contribution in [0.1, 0.15) is 43.3 Å². The maximum atomic E-state index is 12.5. The molecule has 2 aliphatic rings. The average molecular weight is 511 g/mol. The number of amides is 1. The minimum Gasteiger partial charge on any atom is -0.466 e. The van der Waals surface area contributed by atoms with E-state index in [1.807, 2.05) is 13.0 Å². The first-order valence-electron chi connectivity index (χ1n) is 12.0. The Kier molecular flexibility index (Phi) is 6.77. The second-order valence-corrected chi connectivity index (χ2v) is 9.68. The molecule has 0 bridgehead atoms. The molecule has 2 N–H and O–H groups in total. The molecule has 188 valence electrons. The fourth-order valence-corrected chi connectivity index (χ4v) is 5.01. The number of pyridine rings is 1. The Morgan fingerprint density at radius 2 is 1.83 bits per heavy atom. The number of hydrogen-bond donors (Lipinski definition) is 2. The molecule has 1 spiro atoms. The Morgan fingerprint density at radius 1 is 1.11 bits per heavy atom. The van der Waals surface area contributed by atoms with Crippen molar-refractivity contribution >= 4 is 46.7 Å². The number of nitrogens with zero attached hydrogens (tertiary/aromatic N) is 4. The molecule has 0 unspecified atom stereocenters. The fourth-order valence-electron chi connectivity index (χ4n) is 4.88. The van der Waals surface area contributed by atoms with Gasteiger partial charge in [-0.3, -0.25) is 9.59 Å². The van der Waals surface area contributed by atoms with Crippen LogP contribution in [0.3, 0.4) is 0 Å². The normalized spacial score (nSPS) is 16.9. The molecule has 10 nitrogen and oxygen atoms in total. The van der Waals surface area contributed by atoms with Gasteiger partial charge in [-0.15, -0.1) is 5.10 Å². The van der Waals surface area contributed by atoms with Gasteiger partial charge in [0.2, 0.25) is 0 Å². The number of rotatable bonds is 7. The van der Waals surface area contributed by atoms with Crippen LogP contribution in [-0.4, -0.2) is 46.8 Å². The smallest absolute Gasteiger partial charge is 0.320 e. The van der Waals surface area contributed by atoms with Crippen molar-refractivity contribution in [2.45, 2.75) is 32.6 Å². The predicted octanol–water partition coefficient (Wildman–Crippen LogP) is 4.67. The summed E-state index contributed by atoms with van der Waals surface area (Å²) in [6.07, 6.45) is 5.52. The van der Waals surface area contributed by atoms with E-state index in [9.17, 15) is 9.59 Å². The highest BCUT2D eigenvalue weighted by atomic mass is 35.5. The molecule has 1 aliphatic heterocycles. The van der Waals surface area contributed by atoms with Gasteiger partial charge in [0, 0.05) is 23.8 Å². The molecule has 3 aromatic rings. The summed E-state index contributed by atoms with van der Waals surface area (Å²) >= 11 is 5.88. The van der Waals surface area contributed by atoms with Gasteiger partial charge in [0.1, 0.15) is 5.82 Å². The Morgan fingerprint density at radius 3 is 2.50 bits per heavy atom. The summed E-state index contributed by atoms with van der Waals surface area (Å²) in [6.45, 7) is 4.06. The summed E-state index contributed by atoms with van der Waals surface area (Å²) in [4.78, 5) is 31.2. The molecule has 1 saturated heterocycles. The van der Waals surface area contributed by atoms with E-state index in [2.05, 4.69) is 30.7 Å². The summed E-state index contributed by atoms with van der Waals surface area (Å²) in [7, 11) is 0. The van der Waals surface area contributed by atoms with E-state index in [1.54, 1.807) is 36.5 Å². The minimum absolute atomic E-state index is 0.0561. The zero-order chi connectivity index (χ0) is 25.1. The number of halogens is 1. The number of aromatic nitrogens is 3. The summed E-state index contributed by atoms with van der Waals surface area (Å²) in [5.41, 5.74) is 1.49. The first kappa shape index (κ1) is 24.1. The van der Waals surface area contributed by atoms with Gasteiger partial charge in [-0.25, -0.2) is 4.98 Å². The standard InChI is InChI=1S/C25H27ClN6O4/c1-2-35-23(34)16-13-25(14-16)9-11-32(12-10-25)20-8-7-19(15-27-20)28-21(33)22-30-31-24(36-22)29-18-5-3-17(26)4-6-18/h3-8,15-16H,2,9-14H2,1H3,(H,28,33)(H,29,31).